The van der Waals surface area contributed by atoms with Gasteiger partial charge in [-0.05, 0) is 31.6 Å². The van der Waals surface area contributed by atoms with Crippen molar-refractivity contribution in [2.24, 2.45) is 11.3 Å². The maximum absolute atomic E-state index is 10.9. The Morgan fingerprint density at radius 3 is 1.71 bits per heavy atom. The molecule has 0 aliphatic heterocycles. The molecule has 1 atom stereocenters. The molecule has 0 aromatic carbocycles. The molecule has 0 radical (unpaired) electrons. The van der Waals surface area contributed by atoms with E-state index in [4.69, 9.17) is 14.2 Å². The Balaban J connectivity index is 0. The average Bonchev–Trinajstić information content (AvgIpc) is 2.79. The van der Waals surface area contributed by atoms with Crippen LogP contribution in [0.4, 0.5) is 0 Å². The number of esters is 3. The van der Waals surface area contributed by atoms with Crippen LogP contribution in [0.2, 0.25) is 0 Å². The number of rotatable bonds is 16. The summed E-state index contributed by atoms with van der Waals surface area (Å²) in [6.07, 6.45) is 8.73. The summed E-state index contributed by atoms with van der Waals surface area (Å²) in [7, 11) is 0. The molecule has 7 heteroatoms. The predicted molar refractivity (Wildman–Crippen MR) is 121 cm³/mol. The maximum Gasteiger partial charge on any atom is 0.330 e. The van der Waals surface area contributed by atoms with E-state index in [9.17, 15) is 19.5 Å². The summed E-state index contributed by atoms with van der Waals surface area (Å²) in [5.74, 6) is -0.913. The fourth-order valence-corrected chi connectivity index (χ4v) is 2.41. The third-order valence-corrected chi connectivity index (χ3v) is 4.88. The van der Waals surface area contributed by atoms with Crippen molar-refractivity contribution in [2.45, 2.75) is 59.3 Å². The van der Waals surface area contributed by atoms with Gasteiger partial charge in [0.1, 0.15) is 0 Å². The van der Waals surface area contributed by atoms with Gasteiger partial charge in [0.05, 0.1) is 26.4 Å². The average molecular weight is 441 g/mol. The third kappa shape index (κ3) is 17.0. The van der Waals surface area contributed by atoms with Gasteiger partial charge in [0, 0.05) is 23.6 Å². The normalized spacial score (nSPS) is 11.9. The summed E-state index contributed by atoms with van der Waals surface area (Å²) in [5.41, 5.74) is -0.269. The topological polar surface area (TPSA) is 99.1 Å². The monoisotopic (exact) mass is 440 g/mol. The first-order valence-corrected chi connectivity index (χ1v) is 10.7. The standard InChI is InChI=1S/C12H18O4.C12H22O3/c1-4-11(13)15-8-6-10(3)7-9-16-12(14)5-2;1-4-7-8-12(6-3,9-13)10-15-11(14)5-2/h4-5,10H,1-2,6-9H2,3H3;5,13H,2,4,6-10H2,1,3H3. The quantitative estimate of drug-likeness (QED) is 0.219. The molecule has 0 amide bonds. The second-order valence-corrected chi connectivity index (χ2v) is 7.35. The molecule has 0 aromatic rings. The lowest BCUT2D eigenvalue weighted by molar-refractivity contribution is -0.143. The molecule has 0 aliphatic rings. The number of aliphatic hydroxyl groups excluding tert-OH is 1. The van der Waals surface area contributed by atoms with Gasteiger partial charge in [-0.1, -0.05) is 53.3 Å². The Labute approximate surface area is 187 Å². The van der Waals surface area contributed by atoms with Crippen molar-refractivity contribution in [3.8, 4) is 0 Å². The van der Waals surface area contributed by atoms with Crippen molar-refractivity contribution in [3.05, 3.63) is 38.0 Å². The zero-order valence-corrected chi connectivity index (χ0v) is 19.4. The van der Waals surface area contributed by atoms with E-state index >= 15 is 0 Å². The molecule has 0 aromatic heterocycles. The van der Waals surface area contributed by atoms with Crippen molar-refractivity contribution in [1.82, 2.24) is 0 Å². The van der Waals surface area contributed by atoms with E-state index in [0.717, 1.165) is 56.8 Å². The second kappa shape index (κ2) is 19.5. The minimum atomic E-state index is -0.419. The Morgan fingerprint density at radius 1 is 0.903 bits per heavy atom. The summed E-state index contributed by atoms with van der Waals surface area (Å²) in [5, 5.41) is 9.37. The maximum atomic E-state index is 10.9. The predicted octanol–water partition coefficient (Wildman–Crippen LogP) is 4.16. The van der Waals surface area contributed by atoms with Crippen molar-refractivity contribution in [1.29, 1.82) is 0 Å². The smallest absolute Gasteiger partial charge is 0.330 e. The molecular weight excluding hydrogens is 400 g/mol. The van der Waals surface area contributed by atoms with E-state index in [1.165, 1.54) is 0 Å². The number of hydrogen-bond donors (Lipinski definition) is 1. The van der Waals surface area contributed by atoms with Gasteiger partial charge >= 0.3 is 17.9 Å². The van der Waals surface area contributed by atoms with Crippen LogP contribution in [0.3, 0.4) is 0 Å². The lowest BCUT2D eigenvalue weighted by Crippen LogP contribution is -2.31. The number of hydrogen-bond acceptors (Lipinski definition) is 7. The summed E-state index contributed by atoms with van der Waals surface area (Å²) in [6.45, 7) is 17.1. The number of carbonyl (C=O) groups excluding carboxylic acids is 3. The van der Waals surface area contributed by atoms with Gasteiger partial charge in [-0.25, -0.2) is 14.4 Å². The van der Waals surface area contributed by atoms with E-state index in [2.05, 4.69) is 26.7 Å². The summed E-state index contributed by atoms with van der Waals surface area (Å²) < 4.78 is 14.7. The van der Waals surface area contributed by atoms with Gasteiger partial charge in [-0.2, -0.15) is 0 Å². The zero-order valence-electron chi connectivity index (χ0n) is 19.4. The highest BCUT2D eigenvalue weighted by Crippen LogP contribution is 2.28. The van der Waals surface area contributed by atoms with Crippen molar-refractivity contribution in [2.75, 3.05) is 26.4 Å². The first kappa shape index (κ1) is 30.8. The van der Waals surface area contributed by atoms with Gasteiger partial charge in [-0.3, -0.25) is 0 Å². The lowest BCUT2D eigenvalue weighted by atomic mass is 9.82. The van der Waals surface area contributed by atoms with Gasteiger partial charge < -0.3 is 19.3 Å². The molecule has 7 nitrogen and oxygen atoms in total. The number of ether oxygens (including phenoxy) is 3. The molecule has 1 N–H and O–H groups in total. The van der Waals surface area contributed by atoms with Crippen LogP contribution in [0.25, 0.3) is 0 Å². The highest BCUT2D eigenvalue weighted by atomic mass is 16.5. The Kier molecular flexibility index (Phi) is 19.4. The van der Waals surface area contributed by atoms with E-state index in [0.29, 0.717) is 19.1 Å². The fourth-order valence-electron chi connectivity index (χ4n) is 2.41. The van der Waals surface area contributed by atoms with Crippen LogP contribution in [0, 0.1) is 11.3 Å². The minimum Gasteiger partial charge on any atom is -0.463 e. The first-order valence-electron chi connectivity index (χ1n) is 10.7. The molecule has 0 fully saturated rings. The summed E-state index contributed by atoms with van der Waals surface area (Å²) >= 11 is 0. The van der Waals surface area contributed by atoms with Crippen molar-refractivity contribution in [3.63, 3.8) is 0 Å². The molecule has 0 saturated heterocycles. The van der Waals surface area contributed by atoms with Crippen LogP contribution in [-0.2, 0) is 28.6 Å². The number of aliphatic hydroxyl groups is 1. The highest BCUT2D eigenvalue weighted by Gasteiger charge is 2.28. The minimum absolute atomic E-state index is 0.0634. The van der Waals surface area contributed by atoms with Gasteiger partial charge in [0.2, 0.25) is 0 Å². The molecule has 31 heavy (non-hydrogen) atoms. The van der Waals surface area contributed by atoms with Crippen LogP contribution >= 0.6 is 0 Å². The number of carbonyl (C=O) groups is 3. The van der Waals surface area contributed by atoms with E-state index in [1.807, 2.05) is 13.8 Å². The molecule has 0 spiro atoms. The molecule has 1 unspecified atom stereocenters. The van der Waals surface area contributed by atoms with Crippen LogP contribution in [-0.4, -0.2) is 49.4 Å². The number of unbranched alkanes of at least 4 members (excludes halogenated alkanes) is 1. The van der Waals surface area contributed by atoms with Crippen molar-refractivity contribution >= 4 is 17.9 Å². The molecule has 178 valence electrons. The fraction of sp³-hybridized carbons (Fsp3) is 0.625. The third-order valence-electron chi connectivity index (χ3n) is 4.88. The van der Waals surface area contributed by atoms with Crippen molar-refractivity contribution < 1.29 is 33.7 Å². The van der Waals surface area contributed by atoms with Crippen LogP contribution in [0.15, 0.2) is 38.0 Å². The first-order chi connectivity index (χ1) is 14.7. The van der Waals surface area contributed by atoms with Gasteiger partial charge in [0.15, 0.2) is 0 Å². The Bertz CT molecular complexity index is 524. The second-order valence-electron chi connectivity index (χ2n) is 7.35. The molecule has 0 rings (SSSR count). The lowest BCUT2D eigenvalue weighted by Gasteiger charge is -2.29. The zero-order chi connectivity index (χ0) is 24.1. The largest absolute Gasteiger partial charge is 0.463 e. The molecule has 0 aliphatic carbocycles. The van der Waals surface area contributed by atoms with Gasteiger partial charge in [-0.15, -0.1) is 0 Å². The van der Waals surface area contributed by atoms with E-state index in [1.54, 1.807) is 0 Å². The molecule has 0 heterocycles. The van der Waals surface area contributed by atoms with Gasteiger partial charge in [0.25, 0.3) is 0 Å². The molecule has 0 saturated carbocycles. The van der Waals surface area contributed by atoms with Crippen LogP contribution in [0.5, 0.6) is 0 Å². The van der Waals surface area contributed by atoms with Crippen LogP contribution < -0.4 is 0 Å². The summed E-state index contributed by atoms with van der Waals surface area (Å²) in [6, 6.07) is 0. The Morgan fingerprint density at radius 2 is 1.35 bits per heavy atom. The summed E-state index contributed by atoms with van der Waals surface area (Å²) in [4.78, 5) is 32.4. The highest BCUT2D eigenvalue weighted by molar-refractivity contribution is 5.81. The van der Waals surface area contributed by atoms with E-state index in [-0.39, 0.29) is 18.6 Å². The SMILES string of the molecule is C=CC(=O)OCC(CC)(CO)CCCC.C=CC(=O)OCCC(C)CCOC(=O)C=C. The van der Waals surface area contributed by atoms with Crippen LogP contribution in [0.1, 0.15) is 59.3 Å². The Hall–Kier alpha value is -2.41. The van der Waals surface area contributed by atoms with E-state index < -0.39 is 17.9 Å². The molecular formula is C24H40O7. The molecule has 0 bridgehead atoms.